The van der Waals surface area contributed by atoms with Crippen molar-refractivity contribution in [2.24, 2.45) is 5.73 Å². The van der Waals surface area contributed by atoms with Gasteiger partial charge in [0.05, 0.1) is 12.1 Å². The maximum absolute atomic E-state index is 13.3. The van der Waals surface area contributed by atoms with Crippen LogP contribution in [-0.4, -0.2) is 43.7 Å². The van der Waals surface area contributed by atoms with Crippen LogP contribution >= 0.6 is 22.9 Å². The number of hydrogen-bond donors (Lipinski definition) is 3. The molecule has 14 heteroatoms. The fourth-order valence-corrected chi connectivity index (χ4v) is 7.95. The fourth-order valence-electron chi connectivity index (χ4n) is 4.70. The molecule has 3 aromatic carbocycles. The predicted molar refractivity (Wildman–Crippen MR) is 172 cm³/mol. The summed E-state index contributed by atoms with van der Waals surface area (Å²) in [6, 6.07) is 23.1. The Bertz CT molecular complexity index is 1720. The minimum atomic E-state index is -4.38. The molecule has 4 N–H and O–H groups in total. The highest BCUT2D eigenvalue weighted by molar-refractivity contribution is 7.91. The highest BCUT2D eigenvalue weighted by Gasteiger charge is 2.36. The van der Waals surface area contributed by atoms with Gasteiger partial charge in [-0.15, -0.1) is 11.3 Å². The first kappa shape index (κ1) is 35.1. The van der Waals surface area contributed by atoms with Crippen LogP contribution in [0.5, 0.6) is 0 Å². The molecule has 1 aliphatic rings. The monoisotopic (exact) mass is 692 g/mol. The van der Waals surface area contributed by atoms with Crippen molar-refractivity contribution in [3.05, 3.63) is 123 Å². The van der Waals surface area contributed by atoms with Crippen LogP contribution in [0.1, 0.15) is 49.6 Å². The Hall–Kier alpha value is -3.75. The molecule has 0 bridgehead atoms. The van der Waals surface area contributed by atoms with Gasteiger partial charge < -0.3 is 16.4 Å². The standard InChI is InChI=1S/C25H25ClF3N3O3S2.C7H7NO/c26-20-9-5-18(6-10-20)24(33)31-16-22-11-12-23(36-22)37(34,35)32-13-1-2-21(32)15-30-14-17-3-7-19(8-4-17)25(27,28)29;8-7(9)6-4-2-1-3-5-6/h3-12,21,30H,1-2,13-16H2,(H,31,33);1-5H,(H2,8,9). The molecule has 8 nitrogen and oxygen atoms in total. The van der Waals surface area contributed by atoms with Crippen molar-refractivity contribution in [3.8, 4) is 0 Å². The van der Waals surface area contributed by atoms with Gasteiger partial charge in [-0.3, -0.25) is 9.59 Å². The first-order valence-electron chi connectivity index (χ1n) is 14.2. The number of nitrogens with zero attached hydrogens (tertiary/aromatic N) is 1. The van der Waals surface area contributed by atoms with Crippen LogP contribution in [0.2, 0.25) is 5.02 Å². The van der Waals surface area contributed by atoms with Gasteiger partial charge in [0.2, 0.25) is 5.91 Å². The van der Waals surface area contributed by atoms with E-state index < -0.39 is 21.8 Å². The second kappa shape index (κ2) is 15.7. The van der Waals surface area contributed by atoms with E-state index in [9.17, 15) is 31.2 Å². The third kappa shape index (κ3) is 9.63. The predicted octanol–water partition coefficient (Wildman–Crippen LogP) is 6.08. The quantitative estimate of drug-likeness (QED) is 0.186. The number of carbonyl (C=O) groups excluding carboxylic acids is 2. The fraction of sp³-hybridized carbons (Fsp3) is 0.250. The maximum atomic E-state index is 13.3. The molecule has 244 valence electrons. The van der Waals surface area contributed by atoms with E-state index in [4.69, 9.17) is 17.3 Å². The Morgan fingerprint density at radius 1 is 0.913 bits per heavy atom. The van der Waals surface area contributed by atoms with E-state index >= 15 is 0 Å². The molecule has 4 aromatic rings. The summed E-state index contributed by atoms with van der Waals surface area (Å²) < 4.78 is 66.5. The molecule has 1 aromatic heterocycles. The largest absolute Gasteiger partial charge is 0.416 e. The van der Waals surface area contributed by atoms with Gasteiger partial charge in [0.1, 0.15) is 4.21 Å². The van der Waals surface area contributed by atoms with Gasteiger partial charge in [0, 0.05) is 46.7 Å². The normalized spacial score (nSPS) is 15.2. The summed E-state index contributed by atoms with van der Waals surface area (Å²) in [5, 5.41) is 6.48. The number of halogens is 4. The van der Waals surface area contributed by atoms with E-state index in [-0.39, 0.29) is 28.6 Å². The van der Waals surface area contributed by atoms with Crippen LogP contribution in [0, 0.1) is 0 Å². The minimum absolute atomic E-state index is 0.194. The highest BCUT2D eigenvalue weighted by atomic mass is 35.5. The zero-order valence-corrected chi connectivity index (χ0v) is 26.9. The second-order valence-corrected chi connectivity index (χ2v) is 14.1. The van der Waals surface area contributed by atoms with Gasteiger partial charge in [-0.05, 0) is 79.1 Å². The number of thiophene rings is 1. The van der Waals surface area contributed by atoms with Crippen LogP contribution in [0.25, 0.3) is 0 Å². The van der Waals surface area contributed by atoms with Crippen LogP contribution in [0.4, 0.5) is 13.2 Å². The number of nitrogens with one attached hydrogen (secondary N) is 2. The van der Waals surface area contributed by atoms with Crippen LogP contribution < -0.4 is 16.4 Å². The first-order chi connectivity index (χ1) is 21.8. The Balaban J connectivity index is 0.000000459. The van der Waals surface area contributed by atoms with Crippen molar-refractivity contribution in [2.75, 3.05) is 13.1 Å². The number of primary amides is 1. The average Bonchev–Trinajstić information content (AvgIpc) is 3.72. The third-order valence-electron chi connectivity index (χ3n) is 7.10. The van der Waals surface area contributed by atoms with Crippen molar-refractivity contribution in [1.82, 2.24) is 14.9 Å². The van der Waals surface area contributed by atoms with Gasteiger partial charge in [-0.1, -0.05) is 41.9 Å². The SMILES string of the molecule is NC(=O)c1ccccc1.O=C(NCc1ccc(S(=O)(=O)N2CCCC2CNCc2ccc(C(F)(F)F)cc2)s1)c1ccc(Cl)cc1. The van der Waals surface area contributed by atoms with E-state index in [1.165, 1.54) is 16.4 Å². The second-order valence-electron chi connectivity index (χ2n) is 10.4. The number of rotatable bonds is 10. The molecule has 0 spiro atoms. The number of benzene rings is 3. The van der Waals surface area contributed by atoms with E-state index in [1.54, 1.807) is 60.7 Å². The molecule has 1 atom stereocenters. The number of alkyl halides is 3. The lowest BCUT2D eigenvalue weighted by atomic mass is 10.1. The average molecular weight is 693 g/mol. The zero-order chi connectivity index (χ0) is 33.3. The van der Waals surface area contributed by atoms with Crippen molar-refractivity contribution >= 4 is 44.8 Å². The zero-order valence-electron chi connectivity index (χ0n) is 24.5. The van der Waals surface area contributed by atoms with Gasteiger partial charge in [0.15, 0.2) is 0 Å². The summed E-state index contributed by atoms with van der Waals surface area (Å²) in [5.41, 5.74) is 5.96. The van der Waals surface area contributed by atoms with E-state index in [2.05, 4.69) is 10.6 Å². The minimum Gasteiger partial charge on any atom is -0.366 e. The Kier molecular flexibility index (Phi) is 12.0. The van der Waals surface area contributed by atoms with Crippen molar-refractivity contribution < 1.29 is 31.2 Å². The number of nitrogens with two attached hydrogens (primary N) is 1. The summed E-state index contributed by atoms with van der Waals surface area (Å²) in [4.78, 5) is 23.4. The first-order valence-corrected chi connectivity index (χ1v) is 16.8. The summed E-state index contributed by atoms with van der Waals surface area (Å²) in [6.45, 7) is 1.31. The van der Waals surface area contributed by atoms with Gasteiger partial charge >= 0.3 is 6.18 Å². The molecule has 0 radical (unpaired) electrons. The molecular formula is C32H32ClF3N4O4S2. The number of hydrogen-bond acceptors (Lipinski definition) is 6. The molecule has 1 unspecified atom stereocenters. The molecule has 2 heterocycles. The number of amides is 2. The topological polar surface area (TPSA) is 122 Å². The van der Waals surface area contributed by atoms with Crippen LogP contribution in [0.15, 0.2) is 95.2 Å². The van der Waals surface area contributed by atoms with Crippen LogP contribution in [0.3, 0.4) is 0 Å². The van der Waals surface area contributed by atoms with Gasteiger partial charge in [-0.2, -0.15) is 17.5 Å². The molecular weight excluding hydrogens is 661 g/mol. The lowest BCUT2D eigenvalue weighted by molar-refractivity contribution is -0.137. The Morgan fingerprint density at radius 2 is 1.59 bits per heavy atom. The molecule has 5 rings (SSSR count). The molecule has 46 heavy (non-hydrogen) atoms. The number of sulfonamides is 1. The molecule has 0 aliphatic carbocycles. The Labute approximate surface area is 274 Å². The highest BCUT2D eigenvalue weighted by Crippen LogP contribution is 2.31. The van der Waals surface area contributed by atoms with Crippen LogP contribution in [-0.2, 0) is 29.3 Å². The molecule has 1 saturated heterocycles. The molecule has 2 amide bonds. The summed E-state index contributed by atoms with van der Waals surface area (Å²) in [5.74, 6) is -0.663. The Morgan fingerprint density at radius 3 is 2.20 bits per heavy atom. The summed E-state index contributed by atoms with van der Waals surface area (Å²) in [6.07, 6.45) is -2.97. The van der Waals surface area contributed by atoms with Gasteiger partial charge in [0.25, 0.3) is 15.9 Å². The van der Waals surface area contributed by atoms with E-state index in [0.29, 0.717) is 52.6 Å². The molecule has 0 saturated carbocycles. The van der Waals surface area contributed by atoms with E-state index in [0.717, 1.165) is 29.9 Å². The molecule has 1 fully saturated rings. The lowest BCUT2D eigenvalue weighted by Gasteiger charge is -2.23. The lowest BCUT2D eigenvalue weighted by Crippen LogP contribution is -2.41. The van der Waals surface area contributed by atoms with Crippen molar-refractivity contribution in [1.29, 1.82) is 0 Å². The maximum Gasteiger partial charge on any atom is 0.416 e. The smallest absolute Gasteiger partial charge is 0.366 e. The molecule has 1 aliphatic heterocycles. The number of carbonyl (C=O) groups is 2. The van der Waals surface area contributed by atoms with Crippen molar-refractivity contribution in [3.63, 3.8) is 0 Å². The van der Waals surface area contributed by atoms with Gasteiger partial charge in [-0.25, -0.2) is 8.42 Å². The van der Waals surface area contributed by atoms with E-state index in [1.807, 2.05) is 6.07 Å². The third-order valence-corrected chi connectivity index (χ3v) is 10.9. The summed E-state index contributed by atoms with van der Waals surface area (Å²) >= 11 is 6.96. The summed E-state index contributed by atoms with van der Waals surface area (Å²) in [7, 11) is -3.72. The van der Waals surface area contributed by atoms with Crippen molar-refractivity contribution in [2.45, 2.75) is 42.4 Å².